The average molecular weight is 345 g/mol. The second-order valence-corrected chi connectivity index (χ2v) is 6.96. The van der Waals surface area contributed by atoms with Gasteiger partial charge in [0.15, 0.2) is 0 Å². The minimum atomic E-state index is -0.440. The Hall–Kier alpha value is -1.88. The Morgan fingerprint density at radius 2 is 1.72 bits per heavy atom. The number of aryl methyl sites for hydroxylation is 1. The van der Waals surface area contributed by atoms with Crippen molar-refractivity contribution in [2.24, 2.45) is 11.7 Å². The highest BCUT2D eigenvalue weighted by molar-refractivity contribution is 5.82. The van der Waals surface area contributed by atoms with Crippen molar-refractivity contribution >= 4 is 11.8 Å². The topological polar surface area (TPSA) is 66.6 Å². The lowest BCUT2D eigenvalue weighted by atomic mass is 9.99. The van der Waals surface area contributed by atoms with Crippen LogP contribution in [0.1, 0.15) is 38.7 Å². The molecule has 2 atom stereocenters. The molecule has 0 aliphatic carbocycles. The summed E-state index contributed by atoms with van der Waals surface area (Å²) in [6.07, 6.45) is 2.99. The molecule has 1 aromatic rings. The SMILES string of the molecule is CCC(C)C(N)C(=O)N1CCCN(C(=O)CCc2ccccc2)CC1. The van der Waals surface area contributed by atoms with Gasteiger partial charge in [-0.1, -0.05) is 50.6 Å². The number of hydrogen-bond acceptors (Lipinski definition) is 3. The molecule has 1 fully saturated rings. The third-order valence-electron chi connectivity index (χ3n) is 5.17. The molecule has 5 heteroatoms. The minimum absolute atomic E-state index is 0.0212. The van der Waals surface area contributed by atoms with Crippen molar-refractivity contribution in [3.05, 3.63) is 35.9 Å². The van der Waals surface area contributed by atoms with Gasteiger partial charge in [-0.05, 0) is 24.3 Å². The van der Waals surface area contributed by atoms with Crippen molar-refractivity contribution in [2.45, 2.75) is 45.6 Å². The first-order chi connectivity index (χ1) is 12.0. The monoisotopic (exact) mass is 345 g/mol. The first-order valence-corrected chi connectivity index (χ1v) is 9.39. The highest BCUT2D eigenvalue weighted by Crippen LogP contribution is 2.12. The highest BCUT2D eigenvalue weighted by Gasteiger charge is 2.27. The van der Waals surface area contributed by atoms with Gasteiger partial charge < -0.3 is 15.5 Å². The van der Waals surface area contributed by atoms with Gasteiger partial charge in [0.2, 0.25) is 11.8 Å². The molecule has 1 aromatic carbocycles. The Labute approximate surface area is 151 Å². The number of nitrogens with two attached hydrogens (primary N) is 1. The second-order valence-electron chi connectivity index (χ2n) is 6.96. The first kappa shape index (κ1) is 19.4. The number of rotatable bonds is 6. The van der Waals surface area contributed by atoms with Crippen LogP contribution in [0.2, 0.25) is 0 Å². The van der Waals surface area contributed by atoms with Crippen LogP contribution in [0, 0.1) is 5.92 Å². The molecule has 0 radical (unpaired) electrons. The summed E-state index contributed by atoms with van der Waals surface area (Å²) in [7, 11) is 0. The molecule has 0 bridgehead atoms. The molecular formula is C20H31N3O2. The van der Waals surface area contributed by atoms with Gasteiger partial charge in [-0.15, -0.1) is 0 Å². The standard InChI is InChI=1S/C20H31N3O2/c1-3-16(2)19(21)20(25)23-13-7-12-22(14-15-23)18(24)11-10-17-8-5-4-6-9-17/h4-6,8-9,16,19H,3,7,10-15,21H2,1-2H3. The summed E-state index contributed by atoms with van der Waals surface area (Å²) < 4.78 is 0. The Kier molecular flexibility index (Phi) is 7.44. The normalized spacial score (nSPS) is 17.7. The molecule has 138 valence electrons. The summed E-state index contributed by atoms with van der Waals surface area (Å²) in [6.45, 7) is 6.65. The maximum atomic E-state index is 12.5. The smallest absolute Gasteiger partial charge is 0.239 e. The summed E-state index contributed by atoms with van der Waals surface area (Å²) >= 11 is 0. The molecule has 1 aliphatic rings. The van der Waals surface area contributed by atoms with E-state index >= 15 is 0 Å². The molecule has 2 unspecified atom stereocenters. The predicted octanol–water partition coefficient (Wildman–Crippen LogP) is 2.05. The van der Waals surface area contributed by atoms with Crippen molar-refractivity contribution < 1.29 is 9.59 Å². The van der Waals surface area contributed by atoms with E-state index in [-0.39, 0.29) is 17.7 Å². The van der Waals surface area contributed by atoms with Crippen molar-refractivity contribution in [2.75, 3.05) is 26.2 Å². The van der Waals surface area contributed by atoms with E-state index in [2.05, 4.69) is 0 Å². The number of nitrogens with zero attached hydrogens (tertiary/aromatic N) is 2. The van der Waals surface area contributed by atoms with E-state index in [9.17, 15) is 9.59 Å². The van der Waals surface area contributed by atoms with Crippen LogP contribution in [-0.4, -0.2) is 53.8 Å². The van der Waals surface area contributed by atoms with E-state index < -0.39 is 6.04 Å². The fourth-order valence-corrected chi connectivity index (χ4v) is 3.15. The molecule has 2 N–H and O–H groups in total. The maximum absolute atomic E-state index is 12.5. The van der Waals surface area contributed by atoms with Crippen LogP contribution >= 0.6 is 0 Å². The summed E-state index contributed by atoms with van der Waals surface area (Å²) in [4.78, 5) is 28.8. The summed E-state index contributed by atoms with van der Waals surface area (Å²) in [5.41, 5.74) is 7.27. The molecule has 1 aliphatic heterocycles. The van der Waals surface area contributed by atoms with Crippen LogP contribution < -0.4 is 5.73 Å². The van der Waals surface area contributed by atoms with Gasteiger partial charge in [0, 0.05) is 32.6 Å². The molecular weight excluding hydrogens is 314 g/mol. The lowest BCUT2D eigenvalue weighted by Gasteiger charge is -2.27. The number of hydrogen-bond donors (Lipinski definition) is 1. The predicted molar refractivity (Wildman–Crippen MR) is 100.0 cm³/mol. The van der Waals surface area contributed by atoms with Crippen LogP contribution in [-0.2, 0) is 16.0 Å². The zero-order chi connectivity index (χ0) is 18.2. The van der Waals surface area contributed by atoms with Crippen LogP contribution in [0.5, 0.6) is 0 Å². The molecule has 1 saturated heterocycles. The third-order valence-corrected chi connectivity index (χ3v) is 5.17. The van der Waals surface area contributed by atoms with Gasteiger partial charge >= 0.3 is 0 Å². The molecule has 2 amide bonds. The van der Waals surface area contributed by atoms with E-state index in [1.165, 1.54) is 5.56 Å². The lowest BCUT2D eigenvalue weighted by Crippen LogP contribution is -2.48. The summed E-state index contributed by atoms with van der Waals surface area (Å²) in [6, 6.07) is 9.63. The van der Waals surface area contributed by atoms with E-state index in [0.717, 1.165) is 25.8 Å². The number of benzene rings is 1. The van der Waals surface area contributed by atoms with Gasteiger partial charge in [-0.2, -0.15) is 0 Å². The van der Waals surface area contributed by atoms with Gasteiger partial charge in [-0.3, -0.25) is 9.59 Å². The summed E-state index contributed by atoms with van der Waals surface area (Å²) in [5, 5.41) is 0. The van der Waals surface area contributed by atoms with Crippen molar-refractivity contribution in [3.63, 3.8) is 0 Å². The quantitative estimate of drug-likeness (QED) is 0.858. The Balaban J connectivity index is 1.84. The van der Waals surface area contributed by atoms with Crippen LogP contribution in [0.25, 0.3) is 0 Å². The molecule has 0 spiro atoms. The van der Waals surface area contributed by atoms with E-state index in [4.69, 9.17) is 5.73 Å². The number of carbonyl (C=O) groups is 2. The summed E-state index contributed by atoms with van der Waals surface area (Å²) in [5.74, 6) is 0.372. The van der Waals surface area contributed by atoms with Gasteiger partial charge in [0.1, 0.15) is 0 Å². The molecule has 0 aromatic heterocycles. The Morgan fingerprint density at radius 1 is 1.08 bits per heavy atom. The highest BCUT2D eigenvalue weighted by atomic mass is 16.2. The minimum Gasteiger partial charge on any atom is -0.341 e. The number of carbonyl (C=O) groups excluding carboxylic acids is 2. The average Bonchev–Trinajstić information content (AvgIpc) is 2.91. The molecule has 5 nitrogen and oxygen atoms in total. The molecule has 1 heterocycles. The zero-order valence-corrected chi connectivity index (χ0v) is 15.5. The van der Waals surface area contributed by atoms with Crippen molar-refractivity contribution in [3.8, 4) is 0 Å². The van der Waals surface area contributed by atoms with Crippen LogP contribution in [0.15, 0.2) is 30.3 Å². The van der Waals surface area contributed by atoms with Gasteiger partial charge in [-0.25, -0.2) is 0 Å². The fraction of sp³-hybridized carbons (Fsp3) is 0.600. The maximum Gasteiger partial charge on any atom is 0.239 e. The number of amides is 2. The van der Waals surface area contributed by atoms with Crippen molar-refractivity contribution in [1.29, 1.82) is 0 Å². The lowest BCUT2D eigenvalue weighted by molar-refractivity contribution is -0.135. The van der Waals surface area contributed by atoms with Gasteiger partial charge in [0.05, 0.1) is 6.04 Å². The van der Waals surface area contributed by atoms with E-state index in [1.807, 2.05) is 54.0 Å². The van der Waals surface area contributed by atoms with E-state index in [0.29, 0.717) is 26.1 Å². The van der Waals surface area contributed by atoms with Crippen LogP contribution in [0.4, 0.5) is 0 Å². The zero-order valence-electron chi connectivity index (χ0n) is 15.5. The molecule has 25 heavy (non-hydrogen) atoms. The Bertz CT molecular complexity index is 561. The van der Waals surface area contributed by atoms with E-state index in [1.54, 1.807) is 0 Å². The Morgan fingerprint density at radius 3 is 2.40 bits per heavy atom. The van der Waals surface area contributed by atoms with Crippen molar-refractivity contribution in [1.82, 2.24) is 9.80 Å². The fourth-order valence-electron chi connectivity index (χ4n) is 3.15. The van der Waals surface area contributed by atoms with Crippen LogP contribution in [0.3, 0.4) is 0 Å². The first-order valence-electron chi connectivity index (χ1n) is 9.39. The second kappa shape index (κ2) is 9.56. The molecule has 2 rings (SSSR count). The molecule has 0 saturated carbocycles. The largest absolute Gasteiger partial charge is 0.341 e. The van der Waals surface area contributed by atoms with Gasteiger partial charge in [0.25, 0.3) is 0 Å². The third kappa shape index (κ3) is 5.56.